The first kappa shape index (κ1) is 16.2. The number of aryl methyl sites for hydroxylation is 1. The smallest absolute Gasteiger partial charge is 0.255 e. The molecule has 1 N–H and O–H groups in total. The molecule has 0 unspecified atom stereocenters. The highest BCUT2D eigenvalue weighted by Gasteiger charge is 2.40. The fourth-order valence-electron chi connectivity index (χ4n) is 3.04. The molecule has 1 amide bonds. The van der Waals surface area contributed by atoms with Gasteiger partial charge in [0, 0.05) is 17.3 Å². The van der Waals surface area contributed by atoms with Crippen LogP contribution in [0.25, 0.3) is 0 Å². The molecule has 1 aliphatic carbocycles. The van der Waals surface area contributed by atoms with E-state index >= 15 is 0 Å². The number of thiazole rings is 1. The van der Waals surface area contributed by atoms with Crippen LogP contribution >= 0.6 is 11.3 Å². The average Bonchev–Trinajstić information content (AvgIpc) is 3.16. The predicted molar refractivity (Wildman–Crippen MR) is 91.7 cm³/mol. The zero-order valence-corrected chi connectivity index (χ0v) is 15.0. The van der Waals surface area contributed by atoms with Gasteiger partial charge in [0.15, 0.2) is 0 Å². The van der Waals surface area contributed by atoms with E-state index in [0.29, 0.717) is 5.56 Å². The molecule has 0 bridgehead atoms. The summed E-state index contributed by atoms with van der Waals surface area (Å²) in [5, 5.41) is 10.7. The Morgan fingerprint density at radius 2 is 2.04 bits per heavy atom. The van der Waals surface area contributed by atoms with E-state index in [1.165, 1.54) is 0 Å². The van der Waals surface area contributed by atoms with Crippen LogP contribution in [0.5, 0.6) is 0 Å². The summed E-state index contributed by atoms with van der Waals surface area (Å²) in [4.78, 5) is 17.4. The average molecular weight is 332 g/mol. The number of carbonyl (C=O) groups is 1. The number of aromatic nitrogens is 3. The normalized spacial score (nSPS) is 17.4. The van der Waals surface area contributed by atoms with Crippen LogP contribution in [0.1, 0.15) is 67.5 Å². The Kier molecular flexibility index (Phi) is 4.04. The van der Waals surface area contributed by atoms with Crippen molar-refractivity contribution >= 4 is 17.2 Å². The second kappa shape index (κ2) is 5.74. The molecule has 3 rings (SSSR count). The maximum atomic E-state index is 12.7. The van der Waals surface area contributed by atoms with E-state index in [-0.39, 0.29) is 17.0 Å². The monoisotopic (exact) mass is 332 g/mol. The molecule has 0 aliphatic heterocycles. The van der Waals surface area contributed by atoms with Crippen molar-refractivity contribution in [2.24, 2.45) is 0 Å². The molecule has 1 fully saturated rings. The molecule has 2 aromatic heterocycles. The highest BCUT2D eigenvalue weighted by atomic mass is 32.1. The summed E-state index contributed by atoms with van der Waals surface area (Å²) in [5.74, 6) is -0.0600. The van der Waals surface area contributed by atoms with Gasteiger partial charge in [-0.25, -0.2) is 4.98 Å². The Balaban J connectivity index is 1.83. The van der Waals surface area contributed by atoms with Crippen LogP contribution in [0.2, 0.25) is 0 Å². The van der Waals surface area contributed by atoms with Gasteiger partial charge in [0.05, 0.1) is 22.8 Å². The maximum absolute atomic E-state index is 12.7. The third-order valence-electron chi connectivity index (χ3n) is 4.37. The van der Waals surface area contributed by atoms with Crippen molar-refractivity contribution in [3.63, 3.8) is 0 Å². The van der Waals surface area contributed by atoms with E-state index in [1.54, 1.807) is 17.5 Å². The molecule has 0 saturated heterocycles. The first-order valence-electron chi connectivity index (χ1n) is 8.10. The van der Waals surface area contributed by atoms with Crippen molar-refractivity contribution in [1.29, 1.82) is 0 Å². The molecule has 2 aromatic rings. The summed E-state index contributed by atoms with van der Waals surface area (Å²) >= 11 is 1.65. The highest BCUT2D eigenvalue weighted by Crippen LogP contribution is 2.40. The van der Waals surface area contributed by atoms with Crippen LogP contribution in [0.3, 0.4) is 0 Å². The summed E-state index contributed by atoms with van der Waals surface area (Å²) in [6, 6.07) is 0. The lowest BCUT2D eigenvalue weighted by Gasteiger charge is -2.28. The Morgan fingerprint density at radius 1 is 1.35 bits per heavy atom. The number of rotatable bonds is 3. The van der Waals surface area contributed by atoms with Gasteiger partial charge in [-0.2, -0.15) is 5.10 Å². The topological polar surface area (TPSA) is 59.8 Å². The van der Waals surface area contributed by atoms with Crippen LogP contribution in [0.4, 0.5) is 0 Å². The van der Waals surface area contributed by atoms with Gasteiger partial charge in [0.1, 0.15) is 5.01 Å². The van der Waals surface area contributed by atoms with Crippen LogP contribution in [-0.2, 0) is 11.1 Å². The summed E-state index contributed by atoms with van der Waals surface area (Å²) in [7, 11) is 0. The molecule has 0 aromatic carbocycles. The summed E-state index contributed by atoms with van der Waals surface area (Å²) in [6.07, 6.45) is 7.64. The van der Waals surface area contributed by atoms with Gasteiger partial charge in [-0.1, -0.05) is 12.8 Å². The standard InChI is InChI=1S/C17H24N4OS/c1-12-11-23-15(19-12)17(7-5-6-8-17)20-14(22)13-9-18-21(10-13)16(2,3)4/h9-11H,5-8H2,1-4H3,(H,20,22). The van der Waals surface area contributed by atoms with Gasteiger partial charge in [-0.3, -0.25) is 9.48 Å². The van der Waals surface area contributed by atoms with E-state index in [2.05, 4.69) is 41.6 Å². The third kappa shape index (κ3) is 3.17. The van der Waals surface area contributed by atoms with Crippen LogP contribution < -0.4 is 5.32 Å². The minimum atomic E-state index is -0.306. The van der Waals surface area contributed by atoms with Crippen molar-refractivity contribution in [2.45, 2.75) is 64.5 Å². The molecule has 1 aliphatic rings. The molecule has 23 heavy (non-hydrogen) atoms. The Labute approximate surface area is 141 Å². The third-order valence-corrected chi connectivity index (χ3v) is 5.53. The van der Waals surface area contributed by atoms with Crippen LogP contribution in [-0.4, -0.2) is 20.7 Å². The van der Waals surface area contributed by atoms with Crippen molar-refractivity contribution in [3.05, 3.63) is 34.0 Å². The van der Waals surface area contributed by atoms with E-state index in [1.807, 2.05) is 17.8 Å². The number of amides is 1. The minimum Gasteiger partial charge on any atom is -0.340 e. The van der Waals surface area contributed by atoms with Gasteiger partial charge in [0.25, 0.3) is 5.91 Å². The number of hydrogen-bond acceptors (Lipinski definition) is 4. The van der Waals surface area contributed by atoms with Crippen molar-refractivity contribution in [3.8, 4) is 0 Å². The molecule has 2 heterocycles. The highest BCUT2D eigenvalue weighted by molar-refractivity contribution is 7.09. The van der Waals surface area contributed by atoms with Gasteiger partial charge in [0.2, 0.25) is 0 Å². The molecular formula is C17H24N4OS. The summed E-state index contributed by atoms with van der Waals surface area (Å²) < 4.78 is 1.83. The van der Waals surface area contributed by atoms with Gasteiger partial charge in [-0.05, 0) is 40.5 Å². The van der Waals surface area contributed by atoms with Gasteiger partial charge < -0.3 is 5.32 Å². The quantitative estimate of drug-likeness (QED) is 0.934. The van der Waals surface area contributed by atoms with Crippen molar-refractivity contribution < 1.29 is 4.79 Å². The number of nitrogens with one attached hydrogen (secondary N) is 1. The lowest BCUT2D eigenvalue weighted by atomic mass is 9.98. The van der Waals surface area contributed by atoms with Gasteiger partial charge >= 0.3 is 0 Å². The molecule has 0 radical (unpaired) electrons. The second-order valence-electron chi connectivity index (χ2n) is 7.38. The summed E-state index contributed by atoms with van der Waals surface area (Å²) in [6.45, 7) is 8.20. The van der Waals surface area contributed by atoms with Gasteiger partial charge in [-0.15, -0.1) is 11.3 Å². The maximum Gasteiger partial charge on any atom is 0.255 e. The van der Waals surface area contributed by atoms with Crippen molar-refractivity contribution in [2.75, 3.05) is 0 Å². The zero-order valence-electron chi connectivity index (χ0n) is 14.2. The lowest BCUT2D eigenvalue weighted by molar-refractivity contribution is 0.0897. The fourth-order valence-corrected chi connectivity index (χ4v) is 4.05. The van der Waals surface area contributed by atoms with E-state index in [4.69, 9.17) is 0 Å². The molecule has 0 atom stereocenters. The summed E-state index contributed by atoms with van der Waals surface area (Å²) in [5.41, 5.74) is 1.20. The molecule has 124 valence electrons. The number of nitrogens with zero attached hydrogens (tertiary/aromatic N) is 3. The largest absolute Gasteiger partial charge is 0.340 e. The zero-order chi connectivity index (χ0) is 16.7. The predicted octanol–water partition coefficient (Wildman–Crippen LogP) is 3.60. The minimum absolute atomic E-state index is 0.0600. The van der Waals surface area contributed by atoms with Crippen LogP contribution in [0.15, 0.2) is 17.8 Å². The number of carbonyl (C=O) groups excluding carboxylic acids is 1. The lowest BCUT2D eigenvalue weighted by Crippen LogP contribution is -2.43. The van der Waals surface area contributed by atoms with E-state index < -0.39 is 0 Å². The van der Waals surface area contributed by atoms with Crippen LogP contribution in [0, 0.1) is 6.92 Å². The first-order valence-corrected chi connectivity index (χ1v) is 8.98. The van der Waals surface area contributed by atoms with E-state index in [0.717, 1.165) is 36.4 Å². The fraction of sp³-hybridized carbons (Fsp3) is 0.588. The molecule has 5 nitrogen and oxygen atoms in total. The van der Waals surface area contributed by atoms with E-state index in [9.17, 15) is 4.79 Å². The Bertz CT molecular complexity index is 704. The number of hydrogen-bond donors (Lipinski definition) is 1. The molecule has 1 saturated carbocycles. The molecule has 0 spiro atoms. The SMILES string of the molecule is Cc1csc(C2(NC(=O)c3cnn(C(C)(C)C)c3)CCCC2)n1. The second-order valence-corrected chi connectivity index (χ2v) is 8.24. The Hall–Kier alpha value is -1.69. The Morgan fingerprint density at radius 3 is 2.57 bits per heavy atom. The van der Waals surface area contributed by atoms with Crippen molar-refractivity contribution in [1.82, 2.24) is 20.1 Å². The molecule has 6 heteroatoms. The molecular weight excluding hydrogens is 308 g/mol. The first-order chi connectivity index (χ1) is 10.8.